The average Bonchev–Trinajstić information content (AvgIpc) is 3.09. The molecule has 252 valence electrons. The minimum Gasteiger partial charge on any atom is -0.497 e. The smallest absolute Gasteiger partial charge is 0.252 e. The maximum atomic E-state index is 13.9. The SMILES string of the molecule is COc1ccc(CS[C@@H](Cc2ccccc2)C(=O)NC(C(=O)NCCc2ccc(Cl)c(Cl)c2)C(=O)NCCc2ccc(Cl)c(Cl)c2)cc1. The molecule has 4 rings (SSSR count). The van der Waals surface area contributed by atoms with Crippen molar-refractivity contribution in [3.8, 4) is 5.75 Å². The summed E-state index contributed by atoms with van der Waals surface area (Å²) in [5.74, 6) is -0.420. The van der Waals surface area contributed by atoms with Gasteiger partial charge in [-0.3, -0.25) is 14.4 Å². The van der Waals surface area contributed by atoms with Gasteiger partial charge in [-0.25, -0.2) is 0 Å². The summed E-state index contributed by atoms with van der Waals surface area (Å²) in [6.45, 7) is 0.415. The number of amides is 3. The van der Waals surface area contributed by atoms with Crippen molar-refractivity contribution in [2.24, 2.45) is 0 Å². The summed E-state index contributed by atoms with van der Waals surface area (Å²) in [5, 5.41) is 9.40. The van der Waals surface area contributed by atoms with Crippen LogP contribution in [0.2, 0.25) is 20.1 Å². The van der Waals surface area contributed by atoms with Gasteiger partial charge in [-0.2, -0.15) is 0 Å². The lowest BCUT2D eigenvalue weighted by Gasteiger charge is -2.22. The van der Waals surface area contributed by atoms with Crippen LogP contribution in [0.25, 0.3) is 0 Å². The summed E-state index contributed by atoms with van der Waals surface area (Å²) in [5.41, 5.74) is 3.67. The number of ether oxygens (including phenoxy) is 1. The molecule has 7 nitrogen and oxygen atoms in total. The van der Waals surface area contributed by atoms with E-state index in [0.717, 1.165) is 28.0 Å². The Kier molecular flexibility index (Phi) is 14.8. The van der Waals surface area contributed by atoms with Gasteiger partial charge >= 0.3 is 0 Å². The second kappa shape index (κ2) is 19.0. The number of rotatable bonds is 16. The number of nitrogens with one attached hydrogen (secondary N) is 3. The number of hydrogen-bond donors (Lipinski definition) is 3. The van der Waals surface area contributed by atoms with Crippen LogP contribution in [0.3, 0.4) is 0 Å². The molecule has 0 saturated heterocycles. The molecule has 0 aromatic heterocycles. The molecule has 0 heterocycles. The highest BCUT2D eigenvalue weighted by Gasteiger charge is 2.31. The summed E-state index contributed by atoms with van der Waals surface area (Å²) >= 11 is 25.8. The summed E-state index contributed by atoms with van der Waals surface area (Å²) in [7, 11) is 1.60. The van der Waals surface area contributed by atoms with Crippen LogP contribution in [0.5, 0.6) is 5.75 Å². The largest absolute Gasteiger partial charge is 0.497 e. The Morgan fingerprint density at radius 1 is 0.646 bits per heavy atom. The molecule has 0 aliphatic carbocycles. The zero-order chi connectivity index (χ0) is 34.5. The van der Waals surface area contributed by atoms with E-state index < -0.39 is 29.0 Å². The number of halogens is 4. The van der Waals surface area contributed by atoms with E-state index in [2.05, 4.69) is 16.0 Å². The summed E-state index contributed by atoms with van der Waals surface area (Å²) in [6, 6.07) is 26.2. The Morgan fingerprint density at radius 2 is 1.17 bits per heavy atom. The number of benzene rings is 4. The average molecular weight is 748 g/mol. The first-order chi connectivity index (χ1) is 23.1. The fraction of sp³-hybridized carbons (Fsp3) is 0.250. The molecule has 1 atom stereocenters. The summed E-state index contributed by atoms with van der Waals surface area (Å²) in [4.78, 5) is 40.8. The molecule has 0 unspecified atom stereocenters. The van der Waals surface area contributed by atoms with Crippen molar-refractivity contribution < 1.29 is 19.1 Å². The lowest BCUT2D eigenvalue weighted by Crippen LogP contribution is -2.57. The van der Waals surface area contributed by atoms with Crippen LogP contribution in [0.4, 0.5) is 0 Å². The lowest BCUT2D eigenvalue weighted by atomic mass is 10.1. The number of carbonyl (C=O) groups excluding carboxylic acids is 3. The van der Waals surface area contributed by atoms with Crippen molar-refractivity contribution in [3.05, 3.63) is 133 Å². The van der Waals surface area contributed by atoms with Gasteiger partial charge in [-0.1, -0.05) is 101 Å². The van der Waals surface area contributed by atoms with Crippen LogP contribution in [0, 0.1) is 0 Å². The van der Waals surface area contributed by atoms with Gasteiger partial charge in [0, 0.05) is 18.8 Å². The molecule has 3 N–H and O–H groups in total. The molecule has 0 radical (unpaired) electrons. The van der Waals surface area contributed by atoms with E-state index in [4.69, 9.17) is 51.1 Å². The van der Waals surface area contributed by atoms with Crippen molar-refractivity contribution >= 4 is 75.9 Å². The highest BCUT2D eigenvalue weighted by molar-refractivity contribution is 7.99. The predicted molar refractivity (Wildman–Crippen MR) is 197 cm³/mol. The molecule has 4 aromatic rings. The first-order valence-corrected chi connectivity index (χ1v) is 17.7. The number of methoxy groups -OCH3 is 1. The Morgan fingerprint density at radius 3 is 1.67 bits per heavy atom. The third kappa shape index (κ3) is 11.6. The molecule has 3 amide bonds. The van der Waals surface area contributed by atoms with Crippen LogP contribution in [0.1, 0.15) is 22.3 Å². The molecular weight excluding hydrogens is 712 g/mol. The van der Waals surface area contributed by atoms with E-state index in [-0.39, 0.29) is 13.1 Å². The van der Waals surface area contributed by atoms with Crippen molar-refractivity contribution in [1.82, 2.24) is 16.0 Å². The van der Waals surface area contributed by atoms with Crippen LogP contribution in [-0.4, -0.2) is 49.2 Å². The van der Waals surface area contributed by atoms with Crippen LogP contribution < -0.4 is 20.7 Å². The van der Waals surface area contributed by atoms with Crippen LogP contribution >= 0.6 is 58.2 Å². The Bertz CT molecular complexity index is 1620. The minimum atomic E-state index is -1.47. The van der Waals surface area contributed by atoms with Gasteiger partial charge in [0.2, 0.25) is 5.91 Å². The molecule has 48 heavy (non-hydrogen) atoms. The predicted octanol–water partition coefficient (Wildman–Crippen LogP) is 7.36. The minimum absolute atomic E-state index is 0.208. The van der Waals surface area contributed by atoms with E-state index in [1.807, 2.05) is 66.7 Å². The van der Waals surface area contributed by atoms with Gasteiger partial charge in [0.1, 0.15) is 5.75 Å². The zero-order valence-corrected chi connectivity index (χ0v) is 30.0. The standard InChI is InChI=1S/C36H35Cl4N3O4S/c1-47-27-11-7-26(8-12-27)22-48-32(21-23-5-3-2-4-6-23)34(44)43-33(35(45)41-17-15-24-9-13-28(37)30(39)19-24)36(46)42-18-16-25-10-14-29(38)31(40)20-25/h2-14,19-20,32-33H,15-18,21-22H2,1H3,(H,41,45)(H,42,46)(H,43,44)/t32-/m0/s1. The molecular formula is C36H35Cl4N3O4S. The van der Waals surface area contributed by atoms with Gasteiger partial charge in [-0.15, -0.1) is 11.8 Å². The zero-order valence-electron chi connectivity index (χ0n) is 26.1. The topological polar surface area (TPSA) is 96.5 Å². The van der Waals surface area contributed by atoms with Gasteiger partial charge in [0.05, 0.1) is 32.5 Å². The van der Waals surface area contributed by atoms with Gasteiger partial charge in [0.15, 0.2) is 6.04 Å². The summed E-state index contributed by atoms with van der Waals surface area (Å²) in [6.07, 6.45) is 1.28. The van der Waals surface area contributed by atoms with Crippen molar-refractivity contribution in [1.29, 1.82) is 0 Å². The van der Waals surface area contributed by atoms with Gasteiger partial charge in [0.25, 0.3) is 11.8 Å². The van der Waals surface area contributed by atoms with Crippen LogP contribution in [0.15, 0.2) is 91.0 Å². The third-order valence-electron chi connectivity index (χ3n) is 7.37. The van der Waals surface area contributed by atoms with E-state index in [0.29, 0.717) is 45.1 Å². The molecule has 0 aliphatic heterocycles. The highest BCUT2D eigenvalue weighted by Crippen LogP contribution is 2.25. The molecule has 0 fully saturated rings. The Hall–Kier alpha value is -3.40. The van der Waals surface area contributed by atoms with Gasteiger partial charge < -0.3 is 20.7 Å². The number of hydrogen-bond acceptors (Lipinski definition) is 5. The monoisotopic (exact) mass is 745 g/mol. The van der Waals surface area contributed by atoms with E-state index in [9.17, 15) is 14.4 Å². The lowest BCUT2D eigenvalue weighted by molar-refractivity contribution is -0.136. The van der Waals surface area contributed by atoms with Crippen molar-refractivity contribution in [2.45, 2.75) is 36.3 Å². The summed E-state index contributed by atoms with van der Waals surface area (Å²) < 4.78 is 5.26. The van der Waals surface area contributed by atoms with E-state index in [1.165, 1.54) is 11.8 Å². The van der Waals surface area contributed by atoms with E-state index in [1.54, 1.807) is 31.4 Å². The van der Waals surface area contributed by atoms with Gasteiger partial charge in [-0.05, 0) is 77.9 Å². The normalized spacial score (nSPS) is 11.5. The second-order valence-corrected chi connectivity index (χ2v) is 13.7. The molecule has 0 aliphatic rings. The molecule has 12 heteroatoms. The Balaban J connectivity index is 1.47. The number of carbonyl (C=O) groups is 3. The maximum Gasteiger partial charge on any atom is 0.252 e. The molecule has 4 aromatic carbocycles. The third-order valence-corrected chi connectivity index (χ3v) is 10.1. The maximum absolute atomic E-state index is 13.9. The molecule has 0 bridgehead atoms. The first-order valence-electron chi connectivity index (χ1n) is 15.1. The molecule has 0 spiro atoms. The molecule has 0 saturated carbocycles. The number of thioether (sulfide) groups is 1. The van der Waals surface area contributed by atoms with Crippen molar-refractivity contribution in [3.63, 3.8) is 0 Å². The highest BCUT2D eigenvalue weighted by atomic mass is 35.5. The first kappa shape index (κ1) is 37.4. The fourth-order valence-electron chi connectivity index (χ4n) is 4.71. The quantitative estimate of drug-likeness (QED) is 0.104. The van der Waals surface area contributed by atoms with Crippen LogP contribution in [-0.2, 0) is 39.4 Å². The second-order valence-electron chi connectivity index (χ2n) is 10.9. The fourth-order valence-corrected chi connectivity index (χ4v) is 6.47. The Labute approximate surface area is 305 Å². The van der Waals surface area contributed by atoms with Crippen molar-refractivity contribution in [2.75, 3.05) is 20.2 Å². The van der Waals surface area contributed by atoms with E-state index >= 15 is 0 Å².